The minimum Gasteiger partial charge on any atom is -0.491 e. The van der Waals surface area contributed by atoms with Crippen LogP contribution >= 0.6 is 12.2 Å². The van der Waals surface area contributed by atoms with Gasteiger partial charge in [0, 0.05) is 49.7 Å². The molecule has 0 aromatic heterocycles. The highest BCUT2D eigenvalue weighted by atomic mass is 32.1. The molecule has 4 rings (SSSR count). The van der Waals surface area contributed by atoms with Crippen molar-refractivity contribution in [1.29, 1.82) is 0 Å². The van der Waals surface area contributed by atoms with Crippen LogP contribution in [0.2, 0.25) is 0 Å². The lowest BCUT2D eigenvalue weighted by atomic mass is 10.2. The molecule has 0 bridgehead atoms. The number of carbonyl (C=O) groups excluding carboxylic acids is 1. The van der Waals surface area contributed by atoms with E-state index in [2.05, 4.69) is 26.0 Å². The maximum atomic E-state index is 13.1. The van der Waals surface area contributed by atoms with Crippen LogP contribution in [0.25, 0.3) is 0 Å². The van der Waals surface area contributed by atoms with E-state index < -0.39 is 6.10 Å². The number of ether oxygens (including phenoxy) is 1. The van der Waals surface area contributed by atoms with Gasteiger partial charge in [0.15, 0.2) is 5.11 Å². The molecule has 8 nitrogen and oxygen atoms in total. The van der Waals surface area contributed by atoms with Crippen LogP contribution < -0.4 is 25.8 Å². The molecule has 0 aliphatic carbocycles. The normalized spacial score (nSPS) is 14.5. The first-order valence-corrected chi connectivity index (χ1v) is 12.4. The van der Waals surface area contributed by atoms with E-state index in [-0.39, 0.29) is 23.4 Å². The number of para-hydroxylation sites is 1. The van der Waals surface area contributed by atoms with Gasteiger partial charge in [-0.1, -0.05) is 18.2 Å². The quantitative estimate of drug-likeness (QED) is 0.265. The van der Waals surface area contributed by atoms with Gasteiger partial charge in [-0.05, 0) is 72.9 Å². The summed E-state index contributed by atoms with van der Waals surface area (Å²) >= 11 is 5.18. The van der Waals surface area contributed by atoms with Crippen molar-refractivity contribution in [1.82, 2.24) is 15.8 Å². The van der Waals surface area contributed by atoms with Gasteiger partial charge in [0.05, 0.1) is 0 Å². The second-order valence-electron chi connectivity index (χ2n) is 8.65. The third-order valence-electron chi connectivity index (χ3n) is 5.91. The van der Waals surface area contributed by atoms with Crippen LogP contribution in [0, 0.1) is 5.82 Å². The molecule has 1 fully saturated rings. The maximum absolute atomic E-state index is 13.1. The van der Waals surface area contributed by atoms with Crippen LogP contribution in [0.15, 0.2) is 78.9 Å². The van der Waals surface area contributed by atoms with Gasteiger partial charge in [0.2, 0.25) is 0 Å². The molecule has 0 radical (unpaired) electrons. The summed E-state index contributed by atoms with van der Waals surface area (Å²) in [5.41, 5.74) is 7.47. The van der Waals surface area contributed by atoms with Crippen molar-refractivity contribution in [2.45, 2.75) is 6.10 Å². The molecule has 1 aliphatic rings. The lowest BCUT2D eigenvalue weighted by Gasteiger charge is -2.36. The smallest absolute Gasteiger partial charge is 0.269 e. The number of amides is 1. The number of β-amino-alcohol motifs (C(OH)–C–C–N with tert-alkyl or cyclic N) is 1. The third kappa shape index (κ3) is 8.14. The number of rotatable bonds is 8. The minimum atomic E-state index is -0.650. The molecular weight excluding hydrogens is 493 g/mol. The Kier molecular flexibility index (Phi) is 9.25. The Bertz CT molecular complexity index is 1160. The maximum Gasteiger partial charge on any atom is 0.269 e. The van der Waals surface area contributed by atoms with E-state index in [4.69, 9.17) is 17.0 Å². The summed E-state index contributed by atoms with van der Waals surface area (Å²) in [6, 6.07) is 22.6. The number of aliphatic hydroxyl groups is 1. The van der Waals surface area contributed by atoms with Crippen LogP contribution in [0.1, 0.15) is 10.4 Å². The summed E-state index contributed by atoms with van der Waals surface area (Å²) in [6.45, 7) is 3.87. The van der Waals surface area contributed by atoms with Crippen LogP contribution in [0.3, 0.4) is 0 Å². The van der Waals surface area contributed by atoms with E-state index >= 15 is 0 Å². The molecule has 1 aliphatic heterocycles. The SMILES string of the molecule is O=C(NNC(=S)Nc1ccccc1)c1ccc(OC[C@@H](O)CN2CCN(c3ccc(F)cc3)CC2)cc1. The van der Waals surface area contributed by atoms with E-state index in [0.29, 0.717) is 17.9 Å². The molecule has 10 heteroatoms. The minimum absolute atomic E-state index is 0.144. The van der Waals surface area contributed by atoms with Crippen LogP contribution in [0.4, 0.5) is 15.8 Å². The van der Waals surface area contributed by atoms with E-state index in [9.17, 15) is 14.3 Å². The fraction of sp³-hybridized carbons (Fsp3) is 0.259. The van der Waals surface area contributed by atoms with Crippen molar-refractivity contribution >= 4 is 34.6 Å². The topological polar surface area (TPSA) is 89.1 Å². The van der Waals surface area contributed by atoms with Crippen molar-refractivity contribution in [2.75, 3.05) is 49.5 Å². The van der Waals surface area contributed by atoms with Gasteiger partial charge in [-0.3, -0.25) is 20.5 Å². The molecule has 1 heterocycles. The molecule has 194 valence electrons. The molecule has 1 saturated heterocycles. The van der Waals surface area contributed by atoms with Crippen molar-refractivity contribution in [3.63, 3.8) is 0 Å². The lowest BCUT2D eigenvalue weighted by molar-refractivity contribution is 0.0663. The van der Waals surface area contributed by atoms with Crippen LogP contribution in [-0.4, -0.2) is 66.5 Å². The molecule has 1 atom stereocenters. The first-order chi connectivity index (χ1) is 18.0. The Balaban J connectivity index is 1.14. The van der Waals surface area contributed by atoms with E-state index in [0.717, 1.165) is 37.6 Å². The second kappa shape index (κ2) is 13.0. The van der Waals surface area contributed by atoms with Crippen molar-refractivity contribution in [3.8, 4) is 5.75 Å². The van der Waals surface area contributed by atoms with Crippen molar-refractivity contribution in [2.24, 2.45) is 0 Å². The Morgan fingerprint density at radius 2 is 1.62 bits per heavy atom. The summed E-state index contributed by atoms with van der Waals surface area (Å²) in [5, 5.41) is 13.7. The highest BCUT2D eigenvalue weighted by molar-refractivity contribution is 7.80. The summed E-state index contributed by atoms with van der Waals surface area (Å²) in [4.78, 5) is 16.8. The zero-order valence-corrected chi connectivity index (χ0v) is 21.1. The fourth-order valence-electron chi connectivity index (χ4n) is 3.96. The predicted octanol–water partition coefficient (Wildman–Crippen LogP) is 3.02. The Hall–Kier alpha value is -3.73. The summed E-state index contributed by atoms with van der Waals surface area (Å²) in [5.74, 6) is -0.0216. The van der Waals surface area contributed by atoms with Gasteiger partial charge in [-0.2, -0.15) is 0 Å². The van der Waals surface area contributed by atoms with E-state index in [1.54, 1.807) is 36.4 Å². The number of piperazine rings is 1. The van der Waals surface area contributed by atoms with Gasteiger partial charge >= 0.3 is 0 Å². The number of hydrogen-bond acceptors (Lipinski definition) is 6. The Labute approximate surface area is 221 Å². The molecule has 0 unspecified atom stereocenters. The number of thiocarbonyl (C=S) groups is 1. The molecule has 37 heavy (non-hydrogen) atoms. The summed E-state index contributed by atoms with van der Waals surface area (Å²) in [6.07, 6.45) is -0.650. The first-order valence-electron chi connectivity index (χ1n) is 12.0. The zero-order valence-electron chi connectivity index (χ0n) is 20.3. The summed E-state index contributed by atoms with van der Waals surface area (Å²) in [7, 11) is 0. The van der Waals surface area contributed by atoms with Gasteiger partial charge in [-0.15, -0.1) is 0 Å². The fourth-order valence-corrected chi connectivity index (χ4v) is 4.12. The first kappa shape index (κ1) is 26.3. The number of carbonyl (C=O) groups is 1. The number of nitrogens with one attached hydrogen (secondary N) is 3. The van der Waals surface area contributed by atoms with Gasteiger partial charge in [-0.25, -0.2) is 4.39 Å². The number of hydrazine groups is 1. The summed E-state index contributed by atoms with van der Waals surface area (Å²) < 4.78 is 18.8. The molecular formula is C27H30FN5O3S. The molecule has 3 aromatic rings. The molecule has 4 N–H and O–H groups in total. The van der Waals surface area contributed by atoms with Crippen LogP contribution in [-0.2, 0) is 0 Å². The number of benzene rings is 3. The third-order valence-corrected chi connectivity index (χ3v) is 6.12. The molecule has 1 amide bonds. The highest BCUT2D eigenvalue weighted by Gasteiger charge is 2.20. The van der Waals surface area contributed by atoms with Gasteiger partial charge < -0.3 is 20.1 Å². The monoisotopic (exact) mass is 523 g/mol. The van der Waals surface area contributed by atoms with Crippen molar-refractivity contribution < 1.29 is 19.0 Å². The standard InChI is InChI=1S/C27H30FN5O3S/c28-21-8-10-23(11-9-21)33-16-14-32(15-17-33)18-24(34)19-36-25-12-6-20(7-13-25)26(35)30-31-27(37)29-22-4-2-1-3-5-22/h1-13,24,34H,14-19H2,(H,30,35)(H2,29,31,37)/t24-/m0/s1. The van der Waals surface area contributed by atoms with Crippen molar-refractivity contribution in [3.05, 3.63) is 90.2 Å². The van der Waals surface area contributed by atoms with Gasteiger partial charge in [0.25, 0.3) is 5.91 Å². The number of nitrogens with zero attached hydrogens (tertiary/aromatic N) is 2. The second-order valence-corrected chi connectivity index (χ2v) is 9.06. The lowest BCUT2D eigenvalue weighted by Crippen LogP contribution is -2.49. The predicted molar refractivity (Wildman–Crippen MR) is 146 cm³/mol. The average molecular weight is 524 g/mol. The molecule has 0 spiro atoms. The zero-order chi connectivity index (χ0) is 26.0. The van der Waals surface area contributed by atoms with E-state index in [1.165, 1.54) is 12.1 Å². The largest absolute Gasteiger partial charge is 0.491 e. The molecule has 0 saturated carbocycles. The Morgan fingerprint density at radius 1 is 0.946 bits per heavy atom. The average Bonchev–Trinajstić information content (AvgIpc) is 2.92. The van der Waals surface area contributed by atoms with Crippen LogP contribution in [0.5, 0.6) is 5.75 Å². The number of halogens is 1. The highest BCUT2D eigenvalue weighted by Crippen LogP contribution is 2.17. The Morgan fingerprint density at radius 3 is 2.30 bits per heavy atom. The number of aliphatic hydroxyl groups excluding tert-OH is 1. The number of anilines is 2. The van der Waals surface area contributed by atoms with Gasteiger partial charge in [0.1, 0.15) is 24.3 Å². The van der Waals surface area contributed by atoms with E-state index in [1.807, 2.05) is 30.3 Å². The number of hydrogen-bond donors (Lipinski definition) is 4. The molecule has 3 aromatic carbocycles.